The number of fused-ring (bicyclic) bond motifs is 1. The molecule has 0 amide bonds. The van der Waals surface area contributed by atoms with E-state index in [2.05, 4.69) is 16.4 Å². The molecule has 1 aromatic heterocycles. The highest BCUT2D eigenvalue weighted by molar-refractivity contribution is 6.42. The molecule has 20 heavy (non-hydrogen) atoms. The van der Waals surface area contributed by atoms with Crippen LogP contribution in [0.2, 0.25) is 10.0 Å². The Balaban J connectivity index is 1.77. The van der Waals surface area contributed by atoms with E-state index in [9.17, 15) is 0 Å². The fourth-order valence-corrected chi connectivity index (χ4v) is 2.36. The van der Waals surface area contributed by atoms with E-state index in [0.717, 1.165) is 22.2 Å². The van der Waals surface area contributed by atoms with Crippen LogP contribution >= 0.6 is 23.2 Å². The highest BCUT2D eigenvalue weighted by Crippen LogP contribution is 2.23. The highest BCUT2D eigenvalue weighted by Gasteiger charge is 2.00. The van der Waals surface area contributed by atoms with Crippen LogP contribution in [-0.2, 0) is 6.54 Å². The summed E-state index contributed by atoms with van der Waals surface area (Å²) in [6, 6.07) is 15.7. The molecule has 3 rings (SSSR count). The smallest absolute Gasteiger partial charge is 0.0703 e. The number of nitrogens with zero attached hydrogens (tertiary/aromatic N) is 1. The number of rotatable bonds is 3. The van der Waals surface area contributed by atoms with Crippen LogP contribution in [0.1, 0.15) is 5.56 Å². The number of benzene rings is 2. The number of aromatic nitrogens is 1. The molecule has 1 N–H and O–H groups in total. The molecule has 0 spiro atoms. The van der Waals surface area contributed by atoms with Gasteiger partial charge in [-0.3, -0.25) is 4.98 Å². The zero-order chi connectivity index (χ0) is 13.9. The molecule has 4 heteroatoms. The second-order valence-corrected chi connectivity index (χ2v) is 5.33. The standard InChI is InChI=1S/C16H12Cl2N2/c17-14-5-3-11(8-15(14)18)10-20-13-4-6-16-12(9-13)2-1-7-19-16/h1-9,20H,10H2. The molecule has 0 aliphatic rings. The molecule has 0 unspecified atom stereocenters. The summed E-state index contributed by atoms with van der Waals surface area (Å²) in [5.41, 5.74) is 3.13. The SMILES string of the molecule is Clc1ccc(CNc2ccc3ncccc3c2)cc1Cl. The first-order chi connectivity index (χ1) is 9.72. The Morgan fingerprint density at radius 1 is 0.950 bits per heavy atom. The summed E-state index contributed by atoms with van der Waals surface area (Å²) in [4.78, 5) is 4.30. The molecule has 2 nitrogen and oxygen atoms in total. The molecule has 0 atom stereocenters. The van der Waals surface area contributed by atoms with Gasteiger partial charge in [-0.2, -0.15) is 0 Å². The molecule has 0 saturated heterocycles. The lowest BCUT2D eigenvalue weighted by molar-refractivity contribution is 1.15. The highest BCUT2D eigenvalue weighted by atomic mass is 35.5. The van der Waals surface area contributed by atoms with Crippen LogP contribution in [-0.4, -0.2) is 4.98 Å². The van der Waals surface area contributed by atoms with Gasteiger partial charge in [-0.25, -0.2) is 0 Å². The fourth-order valence-electron chi connectivity index (χ4n) is 2.04. The van der Waals surface area contributed by atoms with E-state index >= 15 is 0 Å². The summed E-state index contributed by atoms with van der Waals surface area (Å²) >= 11 is 11.9. The predicted molar refractivity (Wildman–Crippen MR) is 85.5 cm³/mol. The molecule has 0 saturated carbocycles. The quantitative estimate of drug-likeness (QED) is 0.723. The number of anilines is 1. The minimum absolute atomic E-state index is 0.576. The maximum Gasteiger partial charge on any atom is 0.0703 e. The Bertz CT molecular complexity index is 756. The van der Waals surface area contributed by atoms with Crippen LogP contribution in [0.4, 0.5) is 5.69 Å². The lowest BCUT2D eigenvalue weighted by Gasteiger charge is -2.08. The van der Waals surface area contributed by atoms with Crippen molar-refractivity contribution in [2.75, 3.05) is 5.32 Å². The summed E-state index contributed by atoms with van der Waals surface area (Å²) in [6.45, 7) is 0.697. The summed E-state index contributed by atoms with van der Waals surface area (Å²) in [7, 11) is 0. The van der Waals surface area contributed by atoms with Gasteiger partial charge in [0.15, 0.2) is 0 Å². The molecule has 0 aliphatic heterocycles. The van der Waals surface area contributed by atoms with Crippen LogP contribution in [0.5, 0.6) is 0 Å². The normalized spacial score (nSPS) is 10.7. The Morgan fingerprint density at radius 3 is 2.70 bits per heavy atom. The maximum atomic E-state index is 6.01. The molecular weight excluding hydrogens is 291 g/mol. The minimum Gasteiger partial charge on any atom is -0.381 e. The van der Waals surface area contributed by atoms with Crippen molar-refractivity contribution in [2.45, 2.75) is 6.54 Å². The van der Waals surface area contributed by atoms with E-state index in [1.807, 2.05) is 42.5 Å². The third-order valence-electron chi connectivity index (χ3n) is 3.08. The maximum absolute atomic E-state index is 6.01. The molecule has 0 bridgehead atoms. The number of nitrogens with one attached hydrogen (secondary N) is 1. The van der Waals surface area contributed by atoms with Crippen molar-refractivity contribution in [1.29, 1.82) is 0 Å². The first kappa shape index (κ1) is 13.2. The third-order valence-corrected chi connectivity index (χ3v) is 3.82. The molecular formula is C16H12Cl2N2. The van der Waals surface area contributed by atoms with Crippen molar-refractivity contribution in [3.8, 4) is 0 Å². The summed E-state index contributed by atoms with van der Waals surface area (Å²) in [6.07, 6.45) is 1.80. The Labute approximate surface area is 127 Å². The average Bonchev–Trinajstić information content (AvgIpc) is 2.48. The lowest BCUT2D eigenvalue weighted by Crippen LogP contribution is -1.99. The van der Waals surface area contributed by atoms with E-state index in [1.54, 1.807) is 6.20 Å². The third kappa shape index (κ3) is 2.87. The average molecular weight is 303 g/mol. The number of hydrogen-bond donors (Lipinski definition) is 1. The molecule has 3 aromatic rings. The number of pyridine rings is 1. The summed E-state index contributed by atoms with van der Waals surface area (Å²) in [5.74, 6) is 0. The first-order valence-corrected chi connectivity index (χ1v) is 7.00. The van der Waals surface area contributed by atoms with Crippen molar-refractivity contribution < 1.29 is 0 Å². The van der Waals surface area contributed by atoms with Gasteiger partial charge in [-0.1, -0.05) is 35.3 Å². The zero-order valence-corrected chi connectivity index (χ0v) is 12.1. The Morgan fingerprint density at radius 2 is 1.85 bits per heavy atom. The van der Waals surface area contributed by atoms with Gasteiger partial charge in [-0.15, -0.1) is 0 Å². The van der Waals surface area contributed by atoms with Gasteiger partial charge in [0, 0.05) is 23.8 Å². The zero-order valence-electron chi connectivity index (χ0n) is 10.6. The van der Waals surface area contributed by atoms with Gasteiger partial charge in [0.05, 0.1) is 15.6 Å². The van der Waals surface area contributed by atoms with Crippen LogP contribution in [0, 0.1) is 0 Å². The number of halogens is 2. The van der Waals surface area contributed by atoms with E-state index < -0.39 is 0 Å². The van der Waals surface area contributed by atoms with Crippen LogP contribution < -0.4 is 5.32 Å². The van der Waals surface area contributed by atoms with Crippen molar-refractivity contribution in [3.05, 3.63) is 70.3 Å². The molecule has 0 aliphatic carbocycles. The van der Waals surface area contributed by atoms with E-state index in [0.29, 0.717) is 16.6 Å². The monoisotopic (exact) mass is 302 g/mol. The van der Waals surface area contributed by atoms with Gasteiger partial charge in [0.1, 0.15) is 0 Å². The molecule has 0 fully saturated rings. The fraction of sp³-hybridized carbons (Fsp3) is 0.0625. The Kier molecular flexibility index (Phi) is 3.77. The van der Waals surface area contributed by atoms with Crippen LogP contribution in [0.15, 0.2) is 54.7 Å². The predicted octanol–water partition coefficient (Wildman–Crippen LogP) is 5.15. The van der Waals surface area contributed by atoms with Crippen molar-refractivity contribution >= 4 is 39.8 Å². The summed E-state index contributed by atoms with van der Waals surface area (Å²) < 4.78 is 0. The second-order valence-electron chi connectivity index (χ2n) is 4.51. The number of hydrogen-bond acceptors (Lipinski definition) is 2. The van der Waals surface area contributed by atoms with E-state index in [-0.39, 0.29) is 0 Å². The van der Waals surface area contributed by atoms with Crippen molar-refractivity contribution in [2.24, 2.45) is 0 Å². The van der Waals surface area contributed by atoms with Crippen LogP contribution in [0.25, 0.3) is 10.9 Å². The van der Waals surface area contributed by atoms with E-state index in [1.165, 1.54) is 0 Å². The summed E-state index contributed by atoms with van der Waals surface area (Å²) in [5, 5.41) is 5.64. The minimum atomic E-state index is 0.576. The van der Waals surface area contributed by atoms with Gasteiger partial charge in [-0.05, 0) is 42.0 Å². The molecule has 2 aromatic carbocycles. The van der Waals surface area contributed by atoms with Gasteiger partial charge in [0.2, 0.25) is 0 Å². The Hall–Kier alpha value is -1.77. The largest absolute Gasteiger partial charge is 0.381 e. The molecule has 1 heterocycles. The second kappa shape index (κ2) is 5.70. The lowest BCUT2D eigenvalue weighted by atomic mass is 10.2. The van der Waals surface area contributed by atoms with Crippen LogP contribution in [0.3, 0.4) is 0 Å². The molecule has 0 radical (unpaired) electrons. The molecule has 100 valence electrons. The van der Waals surface area contributed by atoms with Gasteiger partial charge in [0.25, 0.3) is 0 Å². The topological polar surface area (TPSA) is 24.9 Å². The van der Waals surface area contributed by atoms with E-state index in [4.69, 9.17) is 23.2 Å². The van der Waals surface area contributed by atoms with Crippen molar-refractivity contribution in [1.82, 2.24) is 4.98 Å². The van der Waals surface area contributed by atoms with Crippen molar-refractivity contribution in [3.63, 3.8) is 0 Å². The van der Waals surface area contributed by atoms with Gasteiger partial charge >= 0.3 is 0 Å². The first-order valence-electron chi connectivity index (χ1n) is 6.25. The van der Waals surface area contributed by atoms with Gasteiger partial charge < -0.3 is 5.32 Å².